The van der Waals surface area contributed by atoms with E-state index in [1.165, 1.54) is 41.9 Å². The van der Waals surface area contributed by atoms with E-state index in [2.05, 4.69) is 11.4 Å². The molecule has 5 nitrogen and oxygen atoms in total. The number of amides is 1. The maximum atomic E-state index is 12.1. The number of nitriles is 1. The van der Waals surface area contributed by atoms with Gasteiger partial charge in [-0.25, -0.2) is 0 Å². The summed E-state index contributed by atoms with van der Waals surface area (Å²) < 4.78 is 0. The SMILES string of the molecule is CN(C)C(=O)c1sc(NC(C2CC2)C2CC2)c(C#N)c1N. The minimum Gasteiger partial charge on any atom is -0.396 e. The molecule has 21 heavy (non-hydrogen) atoms. The van der Waals surface area contributed by atoms with Gasteiger partial charge in [-0.3, -0.25) is 4.79 Å². The maximum absolute atomic E-state index is 12.1. The molecule has 2 fully saturated rings. The second kappa shape index (κ2) is 5.23. The smallest absolute Gasteiger partial charge is 0.265 e. The van der Waals surface area contributed by atoms with Gasteiger partial charge in [-0.1, -0.05) is 0 Å². The Bertz CT molecular complexity index is 596. The Kier molecular flexibility index (Phi) is 3.54. The molecular weight excluding hydrogens is 284 g/mol. The molecule has 1 amide bonds. The van der Waals surface area contributed by atoms with Crippen molar-refractivity contribution in [3.63, 3.8) is 0 Å². The Morgan fingerprint density at radius 1 is 1.38 bits per heavy atom. The Balaban J connectivity index is 1.89. The maximum Gasteiger partial charge on any atom is 0.265 e. The quantitative estimate of drug-likeness (QED) is 0.875. The largest absolute Gasteiger partial charge is 0.396 e. The molecule has 0 bridgehead atoms. The van der Waals surface area contributed by atoms with Crippen LogP contribution < -0.4 is 11.1 Å². The first-order valence-electron chi connectivity index (χ1n) is 7.33. The molecule has 0 aliphatic heterocycles. The van der Waals surface area contributed by atoms with E-state index in [0.29, 0.717) is 22.2 Å². The van der Waals surface area contributed by atoms with Crippen molar-refractivity contribution in [2.75, 3.05) is 25.1 Å². The molecule has 2 saturated carbocycles. The number of nitrogens with zero attached hydrogens (tertiary/aromatic N) is 2. The minimum atomic E-state index is -0.142. The molecule has 6 heteroatoms. The van der Waals surface area contributed by atoms with E-state index in [4.69, 9.17) is 5.73 Å². The number of hydrogen-bond acceptors (Lipinski definition) is 5. The molecule has 0 saturated heterocycles. The molecule has 0 unspecified atom stereocenters. The van der Waals surface area contributed by atoms with E-state index in [1.54, 1.807) is 14.1 Å². The predicted octanol–water partition coefficient (Wildman–Crippen LogP) is 2.50. The Hall–Kier alpha value is -1.74. The van der Waals surface area contributed by atoms with Crippen LogP contribution in [0, 0.1) is 23.2 Å². The Morgan fingerprint density at radius 3 is 2.38 bits per heavy atom. The zero-order valence-corrected chi connectivity index (χ0v) is 13.2. The third-order valence-corrected chi connectivity index (χ3v) is 5.34. The average molecular weight is 304 g/mol. The van der Waals surface area contributed by atoms with Crippen molar-refractivity contribution < 1.29 is 4.79 Å². The number of thiophene rings is 1. The minimum absolute atomic E-state index is 0.142. The van der Waals surface area contributed by atoms with Crippen molar-refractivity contribution in [1.82, 2.24) is 4.90 Å². The van der Waals surface area contributed by atoms with Crippen LogP contribution in [0.25, 0.3) is 0 Å². The molecule has 3 rings (SSSR count). The van der Waals surface area contributed by atoms with Crippen molar-refractivity contribution in [1.29, 1.82) is 5.26 Å². The van der Waals surface area contributed by atoms with Gasteiger partial charge in [0.05, 0.1) is 5.69 Å². The van der Waals surface area contributed by atoms with E-state index < -0.39 is 0 Å². The highest BCUT2D eigenvalue weighted by atomic mass is 32.1. The molecule has 0 spiro atoms. The first kappa shape index (κ1) is 14.2. The van der Waals surface area contributed by atoms with E-state index in [-0.39, 0.29) is 5.91 Å². The van der Waals surface area contributed by atoms with Crippen LogP contribution in [-0.4, -0.2) is 30.9 Å². The molecule has 112 valence electrons. The summed E-state index contributed by atoms with van der Waals surface area (Å²) in [5, 5.41) is 13.7. The van der Waals surface area contributed by atoms with Gasteiger partial charge in [0.2, 0.25) is 0 Å². The number of nitrogen functional groups attached to an aromatic ring is 1. The Labute approximate surface area is 128 Å². The van der Waals surface area contributed by atoms with Gasteiger partial charge in [0.1, 0.15) is 21.5 Å². The fourth-order valence-electron chi connectivity index (χ4n) is 2.70. The first-order valence-corrected chi connectivity index (χ1v) is 8.15. The third-order valence-electron chi connectivity index (χ3n) is 4.21. The topological polar surface area (TPSA) is 82.2 Å². The number of rotatable bonds is 5. The number of anilines is 2. The van der Waals surface area contributed by atoms with Gasteiger partial charge in [-0.05, 0) is 37.5 Å². The lowest BCUT2D eigenvalue weighted by atomic mass is 10.1. The summed E-state index contributed by atoms with van der Waals surface area (Å²) >= 11 is 1.32. The molecule has 2 aliphatic rings. The van der Waals surface area contributed by atoms with Gasteiger partial charge in [-0.15, -0.1) is 11.3 Å². The van der Waals surface area contributed by atoms with Crippen LogP contribution in [0.1, 0.15) is 40.9 Å². The van der Waals surface area contributed by atoms with Crippen molar-refractivity contribution in [2.45, 2.75) is 31.7 Å². The highest BCUT2D eigenvalue weighted by Gasteiger charge is 2.42. The van der Waals surface area contributed by atoms with Crippen LogP contribution in [0.4, 0.5) is 10.7 Å². The Morgan fingerprint density at radius 2 is 1.95 bits per heavy atom. The summed E-state index contributed by atoms with van der Waals surface area (Å²) in [6, 6.07) is 2.60. The van der Waals surface area contributed by atoms with E-state index in [9.17, 15) is 10.1 Å². The highest BCUT2D eigenvalue weighted by Crippen LogP contribution is 2.47. The zero-order chi connectivity index (χ0) is 15.1. The average Bonchev–Trinajstić information content (AvgIpc) is 3.34. The predicted molar refractivity (Wildman–Crippen MR) is 84.3 cm³/mol. The number of hydrogen-bond donors (Lipinski definition) is 2. The van der Waals surface area contributed by atoms with Crippen molar-refractivity contribution in [2.24, 2.45) is 11.8 Å². The van der Waals surface area contributed by atoms with Crippen molar-refractivity contribution in [3.8, 4) is 6.07 Å². The van der Waals surface area contributed by atoms with Gasteiger partial charge >= 0.3 is 0 Å². The number of nitrogens with one attached hydrogen (secondary N) is 1. The lowest BCUT2D eigenvalue weighted by Gasteiger charge is -2.17. The molecule has 3 N–H and O–H groups in total. The van der Waals surface area contributed by atoms with Crippen LogP contribution in [-0.2, 0) is 0 Å². The van der Waals surface area contributed by atoms with Crippen LogP contribution in [0.2, 0.25) is 0 Å². The number of nitrogens with two attached hydrogens (primary N) is 1. The second-order valence-corrected chi connectivity index (χ2v) is 7.23. The van der Waals surface area contributed by atoms with Gasteiger partial charge in [-0.2, -0.15) is 5.26 Å². The normalized spacial score (nSPS) is 17.6. The highest BCUT2D eigenvalue weighted by molar-refractivity contribution is 7.18. The molecule has 1 aromatic rings. The summed E-state index contributed by atoms with van der Waals surface area (Å²) in [6.45, 7) is 0. The summed E-state index contributed by atoms with van der Waals surface area (Å²) in [4.78, 5) is 14.1. The first-order chi connectivity index (χ1) is 10.0. The van der Waals surface area contributed by atoms with Crippen molar-refractivity contribution in [3.05, 3.63) is 10.4 Å². The van der Waals surface area contributed by atoms with Crippen LogP contribution in [0.15, 0.2) is 0 Å². The van der Waals surface area contributed by atoms with Gasteiger partial charge in [0.25, 0.3) is 5.91 Å². The van der Waals surface area contributed by atoms with Gasteiger partial charge < -0.3 is 16.0 Å². The van der Waals surface area contributed by atoms with Crippen LogP contribution in [0.3, 0.4) is 0 Å². The molecular formula is C15H20N4OS. The molecule has 0 atom stereocenters. The molecule has 1 aromatic heterocycles. The summed E-state index contributed by atoms with van der Waals surface area (Å²) in [5.41, 5.74) is 6.75. The summed E-state index contributed by atoms with van der Waals surface area (Å²) in [6.07, 6.45) is 5.06. The second-order valence-electron chi connectivity index (χ2n) is 6.21. The summed E-state index contributed by atoms with van der Waals surface area (Å²) in [5.74, 6) is 1.30. The molecule has 1 heterocycles. The third kappa shape index (κ3) is 2.70. The monoisotopic (exact) mass is 304 g/mol. The van der Waals surface area contributed by atoms with E-state index in [1.807, 2.05) is 0 Å². The number of carbonyl (C=O) groups excluding carboxylic acids is 1. The van der Waals surface area contributed by atoms with Gasteiger partial charge in [0, 0.05) is 20.1 Å². The lowest BCUT2D eigenvalue weighted by molar-refractivity contribution is 0.0833. The molecule has 0 radical (unpaired) electrons. The molecule has 0 aromatic carbocycles. The lowest BCUT2D eigenvalue weighted by Crippen LogP contribution is -2.24. The van der Waals surface area contributed by atoms with Crippen LogP contribution >= 0.6 is 11.3 Å². The number of carbonyl (C=O) groups is 1. The fourth-order valence-corrected chi connectivity index (χ4v) is 3.84. The fraction of sp³-hybridized carbons (Fsp3) is 0.600. The standard InChI is InChI=1S/C15H20N4OS/c1-19(2)15(20)13-11(17)10(7-16)14(21-13)18-12(8-3-4-8)9-5-6-9/h8-9,12,18H,3-6,17H2,1-2H3. The zero-order valence-electron chi connectivity index (χ0n) is 12.3. The van der Waals surface area contributed by atoms with E-state index >= 15 is 0 Å². The molecule has 2 aliphatic carbocycles. The summed E-state index contributed by atoms with van der Waals surface area (Å²) in [7, 11) is 3.38. The van der Waals surface area contributed by atoms with Crippen LogP contribution in [0.5, 0.6) is 0 Å². The van der Waals surface area contributed by atoms with Gasteiger partial charge in [0.15, 0.2) is 0 Å². The van der Waals surface area contributed by atoms with Crippen molar-refractivity contribution >= 4 is 27.9 Å². The van der Waals surface area contributed by atoms with E-state index in [0.717, 1.165) is 16.8 Å².